The van der Waals surface area contributed by atoms with E-state index in [9.17, 15) is 17.6 Å². The van der Waals surface area contributed by atoms with E-state index in [0.29, 0.717) is 6.54 Å². The van der Waals surface area contributed by atoms with E-state index in [1.54, 1.807) is 12.1 Å². The summed E-state index contributed by atoms with van der Waals surface area (Å²) in [6.45, 7) is 1.83. The van der Waals surface area contributed by atoms with Gasteiger partial charge in [-0.3, -0.25) is 4.90 Å². The van der Waals surface area contributed by atoms with E-state index in [1.165, 1.54) is 12.1 Å². The number of halogens is 4. The van der Waals surface area contributed by atoms with Gasteiger partial charge in [-0.25, -0.2) is 4.39 Å². The molecule has 0 saturated carbocycles. The van der Waals surface area contributed by atoms with Crippen LogP contribution in [-0.2, 0) is 6.54 Å². The Labute approximate surface area is 115 Å². The van der Waals surface area contributed by atoms with Crippen LogP contribution in [0.5, 0.6) is 0 Å². The van der Waals surface area contributed by atoms with Crippen LogP contribution in [0.15, 0.2) is 24.3 Å². The zero-order valence-corrected chi connectivity index (χ0v) is 11.1. The maximum absolute atomic E-state index is 12.8. The molecule has 0 aliphatic carbocycles. The van der Waals surface area contributed by atoms with Crippen molar-refractivity contribution in [3.05, 3.63) is 35.6 Å². The third kappa shape index (κ3) is 5.09. The lowest BCUT2D eigenvalue weighted by Gasteiger charge is -2.16. The molecule has 1 saturated heterocycles. The molecule has 0 bridgehead atoms. The number of likely N-dealkylation sites (tertiary alicyclic amines) is 1. The fourth-order valence-electron chi connectivity index (χ4n) is 2.49. The van der Waals surface area contributed by atoms with E-state index in [4.69, 9.17) is 0 Å². The molecule has 20 heavy (non-hydrogen) atoms. The second-order valence-corrected chi connectivity index (χ2v) is 5.26. The molecule has 1 aromatic rings. The van der Waals surface area contributed by atoms with Gasteiger partial charge in [-0.15, -0.1) is 0 Å². The molecular weight excluding hydrogens is 272 g/mol. The molecule has 0 aromatic heterocycles. The minimum atomic E-state index is -4.15. The first-order valence-electron chi connectivity index (χ1n) is 6.66. The van der Waals surface area contributed by atoms with Gasteiger partial charge < -0.3 is 5.32 Å². The molecular formula is C14H18F4N2. The smallest absolute Gasteiger partial charge is 0.308 e. The lowest BCUT2D eigenvalue weighted by Crippen LogP contribution is -2.33. The van der Waals surface area contributed by atoms with Crippen LogP contribution >= 0.6 is 0 Å². The third-order valence-corrected chi connectivity index (χ3v) is 3.45. The Hall–Kier alpha value is -1.14. The molecule has 1 aromatic carbocycles. The lowest BCUT2D eigenvalue weighted by atomic mass is 10.1. The van der Waals surface area contributed by atoms with Crippen LogP contribution in [0.25, 0.3) is 0 Å². The van der Waals surface area contributed by atoms with Crippen molar-refractivity contribution in [2.75, 3.05) is 26.2 Å². The first-order valence-corrected chi connectivity index (χ1v) is 6.66. The van der Waals surface area contributed by atoms with Gasteiger partial charge in [0.05, 0.1) is 6.54 Å². The monoisotopic (exact) mass is 290 g/mol. The molecule has 1 aliphatic heterocycles. The summed E-state index contributed by atoms with van der Waals surface area (Å²) in [7, 11) is 0. The van der Waals surface area contributed by atoms with E-state index in [1.807, 2.05) is 0 Å². The van der Waals surface area contributed by atoms with Crippen molar-refractivity contribution in [2.45, 2.75) is 19.1 Å². The van der Waals surface area contributed by atoms with Gasteiger partial charge in [-0.1, -0.05) is 12.1 Å². The molecule has 1 fully saturated rings. The summed E-state index contributed by atoms with van der Waals surface area (Å²) in [6, 6.07) is 6.33. The van der Waals surface area contributed by atoms with Gasteiger partial charge in [0, 0.05) is 13.1 Å². The summed E-state index contributed by atoms with van der Waals surface area (Å²) in [5, 5.41) is 2.46. The Bertz CT molecular complexity index is 416. The van der Waals surface area contributed by atoms with Crippen molar-refractivity contribution in [3.63, 3.8) is 0 Å². The van der Waals surface area contributed by atoms with Gasteiger partial charge in [0.1, 0.15) is 5.82 Å². The van der Waals surface area contributed by atoms with Crippen LogP contribution in [0, 0.1) is 11.7 Å². The van der Waals surface area contributed by atoms with Gasteiger partial charge in [0.15, 0.2) is 0 Å². The Morgan fingerprint density at radius 1 is 1.20 bits per heavy atom. The average molecular weight is 290 g/mol. The van der Waals surface area contributed by atoms with Gasteiger partial charge >= 0.3 is 6.18 Å². The van der Waals surface area contributed by atoms with Crippen LogP contribution in [0.1, 0.15) is 12.0 Å². The normalized spacial score (nSPS) is 20.5. The molecule has 0 amide bonds. The summed E-state index contributed by atoms with van der Waals surface area (Å²) < 4.78 is 48.9. The Kier molecular flexibility index (Phi) is 4.99. The fraction of sp³-hybridized carbons (Fsp3) is 0.571. The molecule has 0 radical (unpaired) electrons. The second-order valence-electron chi connectivity index (χ2n) is 5.26. The molecule has 1 N–H and O–H groups in total. The average Bonchev–Trinajstić information content (AvgIpc) is 2.78. The van der Waals surface area contributed by atoms with Crippen LogP contribution in [0.2, 0.25) is 0 Å². The van der Waals surface area contributed by atoms with Crippen LogP contribution in [0.4, 0.5) is 17.6 Å². The molecule has 112 valence electrons. The first-order chi connectivity index (χ1) is 9.42. The quantitative estimate of drug-likeness (QED) is 0.839. The third-order valence-electron chi connectivity index (χ3n) is 3.45. The van der Waals surface area contributed by atoms with Crippen molar-refractivity contribution in [1.82, 2.24) is 10.2 Å². The molecule has 6 heteroatoms. The largest absolute Gasteiger partial charge is 0.401 e. The molecule has 1 unspecified atom stereocenters. The van der Waals surface area contributed by atoms with E-state index in [-0.39, 0.29) is 11.7 Å². The summed E-state index contributed by atoms with van der Waals surface area (Å²) >= 11 is 0. The molecule has 1 heterocycles. The summed E-state index contributed by atoms with van der Waals surface area (Å²) in [5.41, 5.74) is 1.02. The molecule has 2 rings (SSSR count). The van der Waals surface area contributed by atoms with Gasteiger partial charge in [-0.05, 0) is 43.1 Å². The summed E-state index contributed by atoms with van der Waals surface area (Å²) in [6.07, 6.45) is -3.25. The molecule has 1 atom stereocenters. The van der Waals surface area contributed by atoms with Gasteiger partial charge in [0.25, 0.3) is 0 Å². The number of alkyl halides is 3. The number of nitrogens with zero attached hydrogens (tertiary/aromatic N) is 1. The predicted octanol–water partition coefficient (Wildman–Crippen LogP) is 2.80. The van der Waals surface area contributed by atoms with Crippen LogP contribution < -0.4 is 5.32 Å². The van der Waals surface area contributed by atoms with Gasteiger partial charge in [-0.2, -0.15) is 13.2 Å². The maximum Gasteiger partial charge on any atom is 0.401 e. The van der Waals surface area contributed by atoms with Crippen molar-refractivity contribution < 1.29 is 17.6 Å². The summed E-state index contributed by atoms with van der Waals surface area (Å²) in [5.74, 6) is -0.0119. The highest BCUT2D eigenvalue weighted by atomic mass is 19.4. The molecule has 0 spiro atoms. The zero-order chi connectivity index (χ0) is 14.6. The number of hydrogen-bond donors (Lipinski definition) is 1. The number of rotatable bonds is 5. The Balaban J connectivity index is 1.71. The number of nitrogens with one attached hydrogen (secondary N) is 1. The molecule has 2 nitrogen and oxygen atoms in total. The zero-order valence-electron chi connectivity index (χ0n) is 11.1. The highest BCUT2D eigenvalue weighted by Crippen LogP contribution is 2.19. The Morgan fingerprint density at radius 3 is 2.55 bits per heavy atom. The van der Waals surface area contributed by atoms with Crippen LogP contribution in [-0.4, -0.2) is 37.3 Å². The SMILES string of the molecule is Fc1ccc(CN2CCC(CNCC(F)(F)F)C2)cc1. The molecule has 1 aliphatic rings. The highest BCUT2D eigenvalue weighted by molar-refractivity contribution is 5.16. The van der Waals surface area contributed by atoms with Gasteiger partial charge in [0.2, 0.25) is 0 Å². The van der Waals surface area contributed by atoms with E-state index < -0.39 is 12.7 Å². The van der Waals surface area contributed by atoms with Crippen LogP contribution in [0.3, 0.4) is 0 Å². The number of benzene rings is 1. The number of hydrogen-bond acceptors (Lipinski definition) is 2. The predicted molar refractivity (Wildman–Crippen MR) is 68.7 cm³/mol. The first kappa shape index (κ1) is 15.3. The van der Waals surface area contributed by atoms with E-state index in [0.717, 1.165) is 31.6 Å². The minimum Gasteiger partial charge on any atom is -0.308 e. The maximum atomic E-state index is 12.8. The standard InChI is InChI=1S/C14H18F4N2/c15-13-3-1-11(2-4-13)8-20-6-5-12(9-20)7-19-10-14(16,17)18/h1-4,12,19H,5-10H2. The van der Waals surface area contributed by atoms with Crippen molar-refractivity contribution >= 4 is 0 Å². The van der Waals surface area contributed by atoms with Crippen molar-refractivity contribution in [3.8, 4) is 0 Å². The topological polar surface area (TPSA) is 15.3 Å². The van der Waals surface area contributed by atoms with E-state index in [2.05, 4.69) is 10.2 Å². The highest BCUT2D eigenvalue weighted by Gasteiger charge is 2.28. The van der Waals surface area contributed by atoms with Crippen molar-refractivity contribution in [1.29, 1.82) is 0 Å². The second kappa shape index (κ2) is 6.54. The Morgan fingerprint density at radius 2 is 1.90 bits per heavy atom. The summed E-state index contributed by atoms with van der Waals surface area (Å²) in [4.78, 5) is 2.19. The minimum absolute atomic E-state index is 0.248. The lowest BCUT2D eigenvalue weighted by molar-refractivity contribution is -0.125. The fourth-order valence-corrected chi connectivity index (χ4v) is 2.49. The van der Waals surface area contributed by atoms with E-state index >= 15 is 0 Å². The van der Waals surface area contributed by atoms with Crippen molar-refractivity contribution in [2.24, 2.45) is 5.92 Å².